The van der Waals surface area contributed by atoms with Crippen molar-refractivity contribution in [3.05, 3.63) is 23.3 Å². The molecule has 0 radical (unpaired) electrons. The van der Waals surface area contributed by atoms with Crippen LogP contribution < -0.4 is 0 Å². The first-order valence-electron chi connectivity index (χ1n) is 21.3. The highest BCUT2D eigenvalue weighted by Crippen LogP contribution is 2.40. The van der Waals surface area contributed by atoms with Crippen LogP contribution in [0.1, 0.15) is 138 Å². The first-order chi connectivity index (χ1) is 24.9. The van der Waals surface area contributed by atoms with E-state index in [9.17, 15) is 10.2 Å². The molecule has 4 aliphatic rings. The van der Waals surface area contributed by atoms with Gasteiger partial charge in [0.1, 0.15) is 6.10 Å². The van der Waals surface area contributed by atoms with Crippen molar-refractivity contribution in [3.8, 4) is 0 Å². The van der Waals surface area contributed by atoms with E-state index < -0.39 is 5.79 Å². The van der Waals surface area contributed by atoms with Crippen molar-refractivity contribution in [3.63, 3.8) is 0 Å². The van der Waals surface area contributed by atoms with Gasteiger partial charge in [-0.15, -0.1) is 0 Å². The fourth-order valence-corrected chi connectivity index (χ4v) is 10.2. The number of nitrogens with zero attached hydrogens (tertiary/aromatic N) is 1. The van der Waals surface area contributed by atoms with E-state index in [0.29, 0.717) is 42.7 Å². The first kappa shape index (κ1) is 43.9. The Morgan fingerprint density at radius 2 is 1.65 bits per heavy atom. The van der Waals surface area contributed by atoms with Crippen molar-refractivity contribution in [1.82, 2.24) is 4.90 Å². The molecule has 2 bridgehead atoms. The van der Waals surface area contributed by atoms with Crippen LogP contribution in [0.5, 0.6) is 0 Å². The third-order valence-electron chi connectivity index (χ3n) is 13.3. The summed E-state index contributed by atoms with van der Waals surface area (Å²) in [7, 11) is 5.27. The lowest BCUT2D eigenvalue weighted by Crippen LogP contribution is -2.58. The number of ether oxygens (including phenoxy) is 5. The largest absolute Gasteiger partial charge is 0.390 e. The maximum Gasteiger partial charge on any atom is 0.169 e. The SMILES string of the molecule is CCCC1C=C(C)CC(C)CC(OC)C2OC(O)(CCN3CCCCC3COC(C(C)=CC3CCC(O)C(OC)C3)C(C)CCC1)C(C)CC2OC. The molecule has 13 atom stereocenters. The van der Waals surface area contributed by atoms with Crippen LogP contribution in [-0.4, -0.2) is 105 Å². The minimum absolute atomic E-state index is 0.0529. The summed E-state index contributed by atoms with van der Waals surface area (Å²) in [5.41, 5.74) is 2.78. The highest BCUT2D eigenvalue weighted by atomic mass is 16.7. The first-order valence-corrected chi connectivity index (χ1v) is 21.3. The summed E-state index contributed by atoms with van der Waals surface area (Å²) in [5.74, 6) is 0.494. The van der Waals surface area contributed by atoms with Crippen molar-refractivity contribution >= 4 is 0 Å². The molecule has 3 fully saturated rings. The summed E-state index contributed by atoms with van der Waals surface area (Å²) in [6, 6.07) is 0.313. The standard InChI is InChI=1S/C44H79NO7/c1-10-14-35-16-13-15-32(4)42(33(5)26-36-18-19-38(46)39(28-36)48-7)51-29-37-17-11-12-21-45(37)22-20-44(47)34(6)27-41(50-9)43(52-44)40(49-8)25-31(3)23-30(2)24-35/h24,26,31-32,34-43,46-47H,10-23,25,27-29H2,1-9H3. The Morgan fingerprint density at radius 3 is 2.37 bits per heavy atom. The number of aliphatic hydroxyl groups is 2. The average molecular weight is 734 g/mol. The van der Waals surface area contributed by atoms with E-state index in [2.05, 4.69) is 58.6 Å². The molecule has 2 saturated heterocycles. The predicted molar refractivity (Wildman–Crippen MR) is 210 cm³/mol. The predicted octanol–water partition coefficient (Wildman–Crippen LogP) is 8.48. The number of fused-ring (bicyclic) bond motifs is 3. The summed E-state index contributed by atoms with van der Waals surface area (Å²) in [5, 5.41) is 22.6. The van der Waals surface area contributed by atoms with Gasteiger partial charge in [-0.2, -0.15) is 0 Å². The lowest BCUT2D eigenvalue weighted by Gasteiger charge is -2.48. The number of hydrogen-bond acceptors (Lipinski definition) is 8. The molecule has 8 nitrogen and oxygen atoms in total. The Bertz CT molecular complexity index is 1100. The second-order valence-electron chi connectivity index (χ2n) is 17.6. The van der Waals surface area contributed by atoms with Crippen molar-refractivity contribution in [2.24, 2.45) is 29.6 Å². The van der Waals surface area contributed by atoms with Gasteiger partial charge in [0.25, 0.3) is 0 Å². The van der Waals surface area contributed by atoms with Crippen LogP contribution in [0.25, 0.3) is 0 Å². The summed E-state index contributed by atoms with van der Waals surface area (Å²) in [4.78, 5) is 2.56. The van der Waals surface area contributed by atoms with Crippen molar-refractivity contribution in [2.45, 2.75) is 186 Å². The quantitative estimate of drug-likeness (QED) is 0.252. The molecular formula is C44H79NO7. The van der Waals surface area contributed by atoms with Crippen LogP contribution in [0.3, 0.4) is 0 Å². The van der Waals surface area contributed by atoms with E-state index in [1.54, 1.807) is 21.3 Å². The third-order valence-corrected chi connectivity index (χ3v) is 13.3. The molecule has 0 spiro atoms. The summed E-state index contributed by atoms with van der Waals surface area (Å²) in [6.45, 7) is 16.2. The molecule has 4 rings (SSSR count). The fraction of sp³-hybridized carbons (Fsp3) is 0.909. The van der Waals surface area contributed by atoms with Gasteiger partial charge in [0.15, 0.2) is 5.79 Å². The minimum Gasteiger partial charge on any atom is -0.390 e. The Balaban J connectivity index is 1.61. The van der Waals surface area contributed by atoms with E-state index >= 15 is 0 Å². The number of hydrogen-bond donors (Lipinski definition) is 2. The van der Waals surface area contributed by atoms with Crippen molar-refractivity contribution < 1.29 is 33.9 Å². The summed E-state index contributed by atoms with van der Waals surface area (Å²) < 4.78 is 31.6. The molecular weight excluding hydrogens is 654 g/mol. The minimum atomic E-state index is -1.24. The molecule has 0 aromatic heterocycles. The average Bonchev–Trinajstić information content (AvgIpc) is 3.11. The summed E-state index contributed by atoms with van der Waals surface area (Å²) in [6.07, 6.45) is 19.2. The molecule has 3 aliphatic heterocycles. The van der Waals surface area contributed by atoms with Crippen LogP contribution in [-0.2, 0) is 23.7 Å². The van der Waals surface area contributed by atoms with Gasteiger partial charge in [0, 0.05) is 46.3 Å². The molecule has 1 aliphatic carbocycles. The zero-order chi connectivity index (χ0) is 37.8. The Kier molecular flexibility index (Phi) is 18.1. The molecule has 2 N–H and O–H groups in total. The highest BCUT2D eigenvalue weighted by Gasteiger charge is 2.49. The molecule has 0 amide bonds. The Morgan fingerprint density at radius 1 is 0.923 bits per heavy atom. The third kappa shape index (κ3) is 12.3. The molecule has 52 heavy (non-hydrogen) atoms. The molecule has 0 aromatic rings. The highest BCUT2D eigenvalue weighted by molar-refractivity contribution is 5.11. The van der Waals surface area contributed by atoms with Crippen LogP contribution in [0.2, 0.25) is 0 Å². The summed E-state index contributed by atoms with van der Waals surface area (Å²) >= 11 is 0. The van der Waals surface area contributed by atoms with Gasteiger partial charge in [-0.3, -0.25) is 4.90 Å². The van der Waals surface area contributed by atoms with Crippen LogP contribution >= 0.6 is 0 Å². The number of methoxy groups -OCH3 is 3. The Hall–Kier alpha value is -0.840. The lowest BCUT2D eigenvalue weighted by molar-refractivity contribution is -0.324. The molecule has 0 aromatic carbocycles. The number of allylic oxidation sites excluding steroid dienone is 3. The second kappa shape index (κ2) is 21.5. The topological polar surface area (TPSA) is 89.9 Å². The van der Waals surface area contributed by atoms with Gasteiger partial charge in [0.05, 0.1) is 37.1 Å². The zero-order valence-electron chi connectivity index (χ0n) is 34.7. The Labute approximate surface area is 318 Å². The fourth-order valence-electron chi connectivity index (χ4n) is 10.2. The number of aliphatic hydroxyl groups excluding tert-OH is 1. The van der Waals surface area contributed by atoms with Crippen LogP contribution in [0.4, 0.5) is 0 Å². The van der Waals surface area contributed by atoms with Gasteiger partial charge in [-0.25, -0.2) is 0 Å². The maximum atomic E-state index is 12.2. The van der Waals surface area contributed by atoms with E-state index in [1.807, 2.05) is 0 Å². The number of piperidine rings is 1. The normalized spacial score (nSPS) is 41.8. The van der Waals surface area contributed by atoms with Gasteiger partial charge < -0.3 is 33.9 Å². The van der Waals surface area contributed by atoms with E-state index in [-0.39, 0.29) is 42.5 Å². The van der Waals surface area contributed by atoms with E-state index in [0.717, 1.165) is 64.5 Å². The number of rotatable bonds is 7. The van der Waals surface area contributed by atoms with Gasteiger partial charge in [0.2, 0.25) is 0 Å². The van der Waals surface area contributed by atoms with Gasteiger partial charge >= 0.3 is 0 Å². The smallest absolute Gasteiger partial charge is 0.169 e. The van der Waals surface area contributed by atoms with Crippen LogP contribution in [0, 0.1) is 29.6 Å². The van der Waals surface area contributed by atoms with Gasteiger partial charge in [-0.05, 0) is 120 Å². The maximum absolute atomic E-state index is 12.2. The molecule has 8 heteroatoms. The second-order valence-corrected chi connectivity index (χ2v) is 17.6. The lowest BCUT2D eigenvalue weighted by atomic mass is 9.82. The van der Waals surface area contributed by atoms with E-state index in [1.165, 1.54) is 49.7 Å². The molecule has 1 saturated carbocycles. The van der Waals surface area contributed by atoms with E-state index in [4.69, 9.17) is 23.7 Å². The van der Waals surface area contributed by atoms with Crippen LogP contribution in [0.15, 0.2) is 23.3 Å². The monoisotopic (exact) mass is 734 g/mol. The molecule has 302 valence electrons. The van der Waals surface area contributed by atoms with Crippen molar-refractivity contribution in [2.75, 3.05) is 41.0 Å². The molecule has 13 unspecified atom stereocenters. The molecule has 3 heterocycles. The van der Waals surface area contributed by atoms with Crippen molar-refractivity contribution in [1.29, 1.82) is 0 Å². The zero-order valence-corrected chi connectivity index (χ0v) is 34.7. The van der Waals surface area contributed by atoms with Gasteiger partial charge in [-0.1, -0.05) is 64.7 Å².